The summed E-state index contributed by atoms with van der Waals surface area (Å²) in [5, 5.41) is 0. The van der Waals surface area contributed by atoms with Crippen molar-refractivity contribution in [2.24, 2.45) is 5.73 Å². The molecule has 0 bridgehead atoms. The molecule has 1 aromatic heterocycles. The topological polar surface area (TPSA) is 63.9 Å². The number of ether oxygens (including phenoxy) is 1. The summed E-state index contributed by atoms with van der Waals surface area (Å²) in [6.45, 7) is 4.03. The lowest BCUT2D eigenvalue weighted by Crippen LogP contribution is -2.33. The molecular weight excluding hydrogens is 226 g/mol. The Balaban J connectivity index is 2.29. The molecule has 0 aliphatic heterocycles. The van der Waals surface area contributed by atoms with Gasteiger partial charge in [-0.15, -0.1) is 0 Å². The highest BCUT2D eigenvalue weighted by atomic mass is 16.5. The quantitative estimate of drug-likeness (QED) is 0.870. The molecule has 1 atom stereocenters. The number of hydrogen-bond donors (Lipinski definition) is 2. The van der Waals surface area contributed by atoms with E-state index in [1.807, 2.05) is 37.4 Å². The first-order valence-corrected chi connectivity index (χ1v) is 6.05. The average Bonchev–Trinajstić information content (AvgIpc) is 2.89. The number of rotatable bonds is 4. The van der Waals surface area contributed by atoms with E-state index >= 15 is 0 Å². The van der Waals surface area contributed by atoms with Gasteiger partial charge in [-0.05, 0) is 43.2 Å². The van der Waals surface area contributed by atoms with Gasteiger partial charge in [0.05, 0.1) is 24.5 Å². The number of hydrogen-bond acceptors (Lipinski definition) is 3. The van der Waals surface area contributed by atoms with Crippen LogP contribution in [0.2, 0.25) is 0 Å². The molecule has 4 heteroatoms. The monoisotopic (exact) mass is 245 g/mol. The van der Waals surface area contributed by atoms with E-state index in [4.69, 9.17) is 10.5 Å². The van der Waals surface area contributed by atoms with Crippen molar-refractivity contribution in [2.45, 2.75) is 25.8 Å². The number of nitrogens with one attached hydrogen (secondary N) is 1. The fourth-order valence-electron chi connectivity index (χ4n) is 1.70. The van der Waals surface area contributed by atoms with Crippen molar-refractivity contribution in [3.63, 3.8) is 0 Å². The van der Waals surface area contributed by atoms with Crippen LogP contribution in [0.5, 0.6) is 5.75 Å². The molecule has 2 rings (SSSR count). The van der Waals surface area contributed by atoms with Gasteiger partial charge < -0.3 is 15.5 Å². The standard InChI is InChI=1S/C14H19N3O/c1-4-14(2,15)13-16-9-12(17-13)10-5-7-11(18-3)8-6-10/h5-9H,4,15H2,1-3H3,(H,16,17). The summed E-state index contributed by atoms with van der Waals surface area (Å²) in [5.41, 5.74) is 7.79. The van der Waals surface area contributed by atoms with Crippen LogP contribution in [0.3, 0.4) is 0 Å². The molecule has 1 aromatic carbocycles. The lowest BCUT2D eigenvalue weighted by atomic mass is 10.00. The molecule has 3 N–H and O–H groups in total. The van der Waals surface area contributed by atoms with Gasteiger partial charge in [-0.2, -0.15) is 0 Å². The summed E-state index contributed by atoms with van der Waals surface area (Å²) in [4.78, 5) is 7.65. The van der Waals surface area contributed by atoms with Gasteiger partial charge in [0.2, 0.25) is 0 Å². The SMILES string of the molecule is CCC(C)(N)c1ncc(-c2ccc(OC)cc2)[nH]1. The third-order valence-corrected chi connectivity index (χ3v) is 3.25. The Labute approximate surface area is 107 Å². The van der Waals surface area contributed by atoms with Gasteiger partial charge in [-0.25, -0.2) is 4.98 Å². The van der Waals surface area contributed by atoms with E-state index in [0.29, 0.717) is 0 Å². The number of nitrogens with zero attached hydrogens (tertiary/aromatic N) is 1. The Morgan fingerprint density at radius 3 is 2.56 bits per heavy atom. The van der Waals surface area contributed by atoms with Gasteiger partial charge >= 0.3 is 0 Å². The molecule has 0 amide bonds. The largest absolute Gasteiger partial charge is 0.497 e. The summed E-state index contributed by atoms with van der Waals surface area (Å²) in [7, 11) is 1.66. The van der Waals surface area contributed by atoms with Gasteiger partial charge in [-0.3, -0.25) is 0 Å². The second kappa shape index (κ2) is 4.82. The fraction of sp³-hybridized carbons (Fsp3) is 0.357. The molecule has 96 valence electrons. The summed E-state index contributed by atoms with van der Waals surface area (Å²) in [5.74, 6) is 1.66. The summed E-state index contributed by atoms with van der Waals surface area (Å²) in [6.07, 6.45) is 2.65. The Morgan fingerprint density at radius 2 is 2.00 bits per heavy atom. The maximum Gasteiger partial charge on any atom is 0.126 e. The van der Waals surface area contributed by atoms with Crippen LogP contribution < -0.4 is 10.5 Å². The second-order valence-electron chi connectivity index (χ2n) is 4.65. The van der Waals surface area contributed by atoms with Gasteiger partial charge in [-0.1, -0.05) is 6.92 Å². The smallest absolute Gasteiger partial charge is 0.126 e. The van der Waals surface area contributed by atoms with Crippen LogP contribution in [0.1, 0.15) is 26.1 Å². The normalized spacial score (nSPS) is 14.2. The van der Waals surface area contributed by atoms with Crippen molar-refractivity contribution < 1.29 is 4.74 Å². The molecule has 0 radical (unpaired) electrons. The Morgan fingerprint density at radius 1 is 1.33 bits per heavy atom. The molecule has 0 fully saturated rings. The van der Waals surface area contributed by atoms with Crippen molar-refractivity contribution >= 4 is 0 Å². The second-order valence-corrected chi connectivity index (χ2v) is 4.65. The molecule has 0 aliphatic rings. The van der Waals surface area contributed by atoms with Crippen LogP contribution >= 0.6 is 0 Å². The summed E-state index contributed by atoms with van der Waals surface area (Å²) < 4.78 is 5.14. The lowest BCUT2D eigenvalue weighted by molar-refractivity contribution is 0.415. The predicted octanol–water partition coefficient (Wildman–Crippen LogP) is 2.67. The Kier molecular flexibility index (Phi) is 3.39. The Hall–Kier alpha value is -1.81. The maximum absolute atomic E-state index is 6.16. The van der Waals surface area contributed by atoms with Crippen LogP contribution in [-0.2, 0) is 5.54 Å². The Bertz CT molecular complexity index is 514. The number of methoxy groups -OCH3 is 1. The lowest BCUT2D eigenvalue weighted by Gasteiger charge is -2.19. The number of nitrogens with two attached hydrogens (primary N) is 1. The first kappa shape index (κ1) is 12.6. The van der Waals surface area contributed by atoms with Crippen molar-refractivity contribution in [3.05, 3.63) is 36.3 Å². The van der Waals surface area contributed by atoms with Crippen molar-refractivity contribution in [1.82, 2.24) is 9.97 Å². The first-order valence-electron chi connectivity index (χ1n) is 6.05. The number of aromatic amines is 1. The van der Waals surface area contributed by atoms with Crippen LogP contribution in [0, 0.1) is 0 Å². The molecule has 18 heavy (non-hydrogen) atoms. The van der Waals surface area contributed by atoms with E-state index in [1.165, 1.54) is 0 Å². The van der Waals surface area contributed by atoms with Crippen molar-refractivity contribution in [1.29, 1.82) is 0 Å². The number of imidazole rings is 1. The number of H-pyrrole nitrogens is 1. The number of benzene rings is 1. The van der Waals surface area contributed by atoms with Crippen LogP contribution in [-0.4, -0.2) is 17.1 Å². The van der Waals surface area contributed by atoms with Crippen molar-refractivity contribution in [3.8, 4) is 17.0 Å². The van der Waals surface area contributed by atoms with Gasteiger partial charge in [0, 0.05) is 0 Å². The van der Waals surface area contributed by atoms with E-state index in [9.17, 15) is 0 Å². The summed E-state index contributed by atoms with van der Waals surface area (Å²) >= 11 is 0. The van der Waals surface area contributed by atoms with E-state index < -0.39 is 5.54 Å². The zero-order valence-electron chi connectivity index (χ0n) is 11.0. The molecule has 0 spiro atoms. The van der Waals surface area contributed by atoms with Crippen molar-refractivity contribution in [2.75, 3.05) is 7.11 Å². The molecule has 0 saturated heterocycles. The molecule has 1 heterocycles. The van der Waals surface area contributed by atoms with Gasteiger partial charge in [0.25, 0.3) is 0 Å². The van der Waals surface area contributed by atoms with Gasteiger partial charge in [0.1, 0.15) is 11.6 Å². The molecule has 2 aromatic rings. The van der Waals surface area contributed by atoms with Crippen LogP contribution in [0.15, 0.2) is 30.5 Å². The third kappa shape index (κ3) is 2.38. The fourth-order valence-corrected chi connectivity index (χ4v) is 1.70. The molecule has 4 nitrogen and oxygen atoms in total. The maximum atomic E-state index is 6.16. The van der Waals surface area contributed by atoms with Crippen LogP contribution in [0.25, 0.3) is 11.3 Å². The van der Waals surface area contributed by atoms with E-state index in [-0.39, 0.29) is 0 Å². The van der Waals surface area contributed by atoms with Gasteiger partial charge in [0.15, 0.2) is 0 Å². The highest BCUT2D eigenvalue weighted by Gasteiger charge is 2.22. The van der Waals surface area contributed by atoms with E-state index in [0.717, 1.165) is 29.3 Å². The zero-order valence-corrected chi connectivity index (χ0v) is 11.0. The average molecular weight is 245 g/mol. The molecule has 0 aliphatic carbocycles. The summed E-state index contributed by atoms with van der Waals surface area (Å²) in [6, 6.07) is 7.85. The number of aromatic nitrogens is 2. The zero-order chi connectivity index (χ0) is 13.2. The highest BCUT2D eigenvalue weighted by molar-refractivity contribution is 5.59. The first-order chi connectivity index (χ1) is 8.56. The predicted molar refractivity (Wildman–Crippen MR) is 72.4 cm³/mol. The third-order valence-electron chi connectivity index (χ3n) is 3.25. The molecular formula is C14H19N3O. The van der Waals surface area contributed by atoms with E-state index in [1.54, 1.807) is 7.11 Å². The molecule has 0 saturated carbocycles. The highest BCUT2D eigenvalue weighted by Crippen LogP contribution is 2.24. The molecule has 1 unspecified atom stereocenters. The minimum atomic E-state index is -0.412. The van der Waals surface area contributed by atoms with E-state index in [2.05, 4.69) is 16.9 Å². The minimum Gasteiger partial charge on any atom is -0.497 e. The minimum absolute atomic E-state index is 0.412. The van der Waals surface area contributed by atoms with Crippen LogP contribution in [0.4, 0.5) is 0 Å².